The van der Waals surface area contributed by atoms with Crippen LogP contribution in [0.1, 0.15) is 41.3 Å². The van der Waals surface area contributed by atoms with Gasteiger partial charge in [0.2, 0.25) is 0 Å². The van der Waals surface area contributed by atoms with Crippen molar-refractivity contribution in [2.45, 2.75) is 31.8 Å². The predicted molar refractivity (Wildman–Crippen MR) is 103 cm³/mol. The molecule has 1 atom stereocenters. The Balaban J connectivity index is 1.56. The van der Waals surface area contributed by atoms with Gasteiger partial charge in [-0.1, -0.05) is 41.9 Å². The summed E-state index contributed by atoms with van der Waals surface area (Å²) < 4.78 is 2.12. The first kappa shape index (κ1) is 16.7. The van der Waals surface area contributed by atoms with Crippen LogP contribution in [0.3, 0.4) is 0 Å². The molecular weight excluding hydrogens is 344 g/mol. The molecule has 4 rings (SSSR count). The topological polar surface area (TPSA) is 53.6 Å². The highest BCUT2D eigenvalue weighted by Crippen LogP contribution is 2.33. The number of rotatable bonds is 4. The lowest BCUT2D eigenvalue weighted by Gasteiger charge is -2.25. The Bertz CT molecular complexity index is 956. The largest absolute Gasteiger partial charge is 0.378 e. The number of aromatic nitrogens is 2. The molecule has 26 heavy (non-hydrogen) atoms. The van der Waals surface area contributed by atoms with Crippen molar-refractivity contribution < 1.29 is 0 Å². The molecule has 0 bridgehead atoms. The first-order chi connectivity index (χ1) is 12.7. The van der Waals surface area contributed by atoms with Gasteiger partial charge in [0.15, 0.2) is 0 Å². The number of benzene rings is 2. The molecule has 1 aromatic heterocycles. The van der Waals surface area contributed by atoms with E-state index in [1.54, 1.807) is 6.07 Å². The molecule has 2 aromatic carbocycles. The van der Waals surface area contributed by atoms with E-state index in [0.717, 1.165) is 31.5 Å². The first-order valence-corrected chi connectivity index (χ1v) is 9.17. The summed E-state index contributed by atoms with van der Waals surface area (Å²) in [5.74, 6) is 0. The van der Waals surface area contributed by atoms with Gasteiger partial charge in [0, 0.05) is 16.9 Å². The molecule has 5 heteroatoms. The lowest BCUT2D eigenvalue weighted by atomic mass is 9.92. The van der Waals surface area contributed by atoms with Crippen molar-refractivity contribution in [3.8, 4) is 6.07 Å². The third kappa shape index (κ3) is 3.31. The Kier molecular flexibility index (Phi) is 4.64. The van der Waals surface area contributed by atoms with Crippen LogP contribution < -0.4 is 5.32 Å². The number of halogens is 1. The van der Waals surface area contributed by atoms with E-state index in [1.165, 1.54) is 16.8 Å². The van der Waals surface area contributed by atoms with E-state index >= 15 is 0 Å². The molecule has 0 spiro atoms. The molecule has 0 radical (unpaired) electrons. The van der Waals surface area contributed by atoms with Gasteiger partial charge >= 0.3 is 0 Å². The van der Waals surface area contributed by atoms with Gasteiger partial charge in [-0.05, 0) is 43.0 Å². The standard InChI is InChI=1S/C21H19ClN4/c22-19-11-17(10-9-16(19)12-23)25-20-7-4-8-21-18(20)13-24-26(21)14-15-5-2-1-3-6-15/h1-3,5-6,9-11,13,20,25H,4,7-8,14H2. The van der Waals surface area contributed by atoms with Crippen molar-refractivity contribution in [2.24, 2.45) is 0 Å². The van der Waals surface area contributed by atoms with Crippen LogP contribution in [-0.2, 0) is 13.0 Å². The van der Waals surface area contributed by atoms with Crippen molar-refractivity contribution in [2.75, 3.05) is 5.32 Å². The normalized spacial score (nSPS) is 15.9. The summed E-state index contributed by atoms with van der Waals surface area (Å²) >= 11 is 6.16. The zero-order valence-corrected chi connectivity index (χ0v) is 15.1. The van der Waals surface area contributed by atoms with E-state index in [9.17, 15) is 0 Å². The van der Waals surface area contributed by atoms with E-state index in [-0.39, 0.29) is 6.04 Å². The van der Waals surface area contributed by atoms with Crippen LogP contribution in [0.25, 0.3) is 0 Å². The highest BCUT2D eigenvalue weighted by Gasteiger charge is 2.24. The maximum absolute atomic E-state index is 9.02. The first-order valence-electron chi connectivity index (χ1n) is 8.79. The molecule has 0 saturated carbocycles. The van der Waals surface area contributed by atoms with Crippen LogP contribution in [-0.4, -0.2) is 9.78 Å². The van der Waals surface area contributed by atoms with Crippen LogP contribution in [0.5, 0.6) is 0 Å². The van der Waals surface area contributed by atoms with Crippen molar-refractivity contribution in [1.82, 2.24) is 9.78 Å². The lowest BCUT2D eigenvalue weighted by Crippen LogP contribution is -2.18. The SMILES string of the molecule is N#Cc1ccc(NC2CCCc3c2cnn3Cc2ccccc2)cc1Cl. The second kappa shape index (κ2) is 7.23. The van der Waals surface area contributed by atoms with Crippen LogP contribution in [0.4, 0.5) is 5.69 Å². The number of anilines is 1. The molecule has 4 nitrogen and oxygen atoms in total. The van der Waals surface area contributed by atoms with Crippen molar-refractivity contribution in [3.05, 3.63) is 82.1 Å². The molecule has 130 valence electrons. The van der Waals surface area contributed by atoms with E-state index in [1.807, 2.05) is 24.4 Å². The van der Waals surface area contributed by atoms with Crippen LogP contribution in [0, 0.1) is 11.3 Å². The fourth-order valence-electron chi connectivity index (χ4n) is 3.56. The predicted octanol–water partition coefficient (Wildman–Crippen LogP) is 4.95. The minimum atomic E-state index is 0.215. The Morgan fingerprint density at radius 1 is 1.23 bits per heavy atom. The molecule has 1 aliphatic carbocycles. The Morgan fingerprint density at radius 2 is 2.08 bits per heavy atom. The fourth-order valence-corrected chi connectivity index (χ4v) is 3.78. The van der Waals surface area contributed by atoms with Gasteiger partial charge in [-0.25, -0.2) is 0 Å². The molecule has 1 heterocycles. The van der Waals surface area contributed by atoms with E-state index in [4.69, 9.17) is 16.9 Å². The van der Waals surface area contributed by atoms with Crippen molar-refractivity contribution >= 4 is 17.3 Å². The number of nitrogens with one attached hydrogen (secondary N) is 1. The molecular formula is C21H19ClN4. The maximum atomic E-state index is 9.02. The Morgan fingerprint density at radius 3 is 2.85 bits per heavy atom. The zero-order chi connectivity index (χ0) is 17.9. The average Bonchev–Trinajstić information content (AvgIpc) is 3.07. The Labute approximate surface area is 158 Å². The van der Waals surface area contributed by atoms with Crippen molar-refractivity contribution in [1.29, 1.82) is 5.26 Å². The van der Waals surface area contributed by atoms with Gasteiger partial charge < -0.3 is 5.32 Å². The molecule has 0 fully saturated rings. The van der Waals surface area contributed by atoms with Gasteiger partial charge in [-0.2, -0.15) is 10.4 Å². The summed E-state index contributed by atoms with van der Waals surface area (Å²) in [4.78, 5) is 0. The van der Waals surface area contributed by atoms with Gasteiger partial charge in [-0.15, -0.1) is 0 Å². The molecule has 0 aliphatic heterocycles. The van der Waals surface area contributed by atoms with Gasteiger partial charge in [0.25, 0.3) is 0 Å². The third-order valence-corrected chi connectivity index (χ3v) is 5.18. The second-order valence-corrected chi connectivity index (χ2v) is 6.99. The third-order valence-electron chi connectivity index (χ3n) is 4.87. The zero-order valence-electron chi connectivity index (χ0n) is 14.3. The van der Waals surface area contributed by atoms with E-state index in [0.29, 0.717) is 10.6 Å². The monoisotopic (exact) mass is 362 g/mol. The van der Waals surface area contributed by atoms with Gasteiger partial charge in [0.05, 0.1) is 29.4 Å². The minimum Gasteiger partial charge on any atom is -0.378 e. The van der Waals surface area contributed by atoms with E-state index < -0.39 is 0 Å². The van der Waals surface area contributed by atoms with E-state index in [2.05, 4.69) is 45.4 Å². The number of nitrogens with zero attached hydrogens (tertiary/aromatic N) is 3. The molecule has 3 aromatic rings. The maximum Gasteiger partial charge on any atom is 0.101 e. The Hall–Kier alpha value is -2.77. The molecule has 1 unspecified atom stereocenters. The number of nitriles is 1. The number of fused-ring (bicyclic) bond motifs is 1. The van der Waals surface area contributed by atoms with Gasteiger partial charge in [-0.3, -0.25) is 4.68 Å². The minimum absolute atomic E-state index is 0.215. The highest BCUT2D eigenvalue weighted by molar-refractivity contribution is 6.32. The van der Waals surface area contributed by atoms with Gasteiger partial charge in [0.1, 0.15) is 6.07 Å². The summed E-state index contributed by atoms with van der Waals surface area (Å²) in [5.41, 5.74) is 5.25. The summed E-state index contributed by atoms with van der Waals surface area (Å²) in [5, 5.41) is 17.7. The average molecular weight is 363 g/mol. The molecule has 0 saturated heterocycles. The van der Waals surface area contributed by atoms with Crippen LogP contribution in [0.15, 0.2) is 54.7 Å². The smallest absolute Gasteiger partial charge is 0.101 e. The quantitative estimate of drug-likeness (QED) is 0.714. The highest BCUT2D eigenvalue weighted by atomic mass is 35.5. The van der Waals surface area contributed by atoms with Crippen LogP contribution >= 0.6 is 11.6 Å². The number of hydrogen-bond donors (Lipinski definition) is 1. The molecule has 0 amide bonds. The van der Waals surface area contributed by atoms with Crippen molar-refractivity contribution in [3.63, 3.8) is 0 Å². The summed E-state index contributed by atoms with van der Waals surface area (Å²) in [6, 6.07) is 18.2. The summed E-state index contributed by atoms with van der Waals surface area (Å²) in [7, 11) is 0. The fraction of sp³-hybridized carbons (Fsp3) is 0.238. The van der Waals surface area contributed by atoms with Crippen LogP contribution in [0.2, 0.25) is 5.02 Å². The number of hydrogen-bond acceptors (Lipinski definition) is 3. The molecule has 1 aliphatic rings. The summed E-state index contributed by atoms with van der Waals surface area (Å²) in [6.07, 6.45) is 5.21. The lowest BCUT2D eigenvalue weighted by molar-refractivity contribution is 0.556. The second-order valence-electron chi connectivity index (χ2n) is 6.59. The molecule has 1 N–H and O–H groups in total. The summed E-state index contributed by atoms with van der Waals surface area (Å²) in [6.45, 7) is 0.797.